The Labute approximate surface area is 107 Å². The fourth-order valence-electron chi connectivity index (χ4n) is 1.76. The summed E-state index contributed by atoms with van der Waals surface area (Å²) in [5.74, 6) is 0.656. The highest BCUT2D eigenvalue weighted by atomic mass is 32.1. The minimum atomic E-state index is -0.162. The van der Waals surface area contributed by atoms with E-state index in [1.54, 1.807) is 47.5 Å². The van der Waals surface area contributed by atoms with Crippen molar-refractivity contribution < 1.29 is 0 Å². The monoisotopic (exact) mass is 258 g/mol. The van der Waals surface area contributed by atoms with Crippen molar-refractivity contribution in [3.8, 4) is 16.4 Å². The van der Waals surface area contributed by atoms with Gasteiger partial charge in [-0.3, -0.25) is 4.98 Å². The topological polar surface area (TPSA) is 52.7 Å². The predicted octanol–water partition coefficient (Wildman–Crippen LogP) is 1.69. The third-order valence-electron chi connectivity index (χ3n) is 2.59. The Morgan fingerprint density at radius 2 is 2.00 bits per heavy atom. The summed E-state index contributed by atoms with van der Waals surface area (Å²) in [4.78, 5) is 17.1. The van der Waals surface area contributed by atoms with Gasteiger partial charge in [-0.2, -0.15) is 0 Å². The summed E-state index contributed by atoms with van der Waals surface area (Å²) in [5.41, 5.74) is 0.608. The summed E-state index contributed by atoms with van der Waals surface area (Å²) in [5, 5.41) is 6.25. The number of rotatable bonds is 2. The molecule has 3 aromatic heterocycles. The fraction of sp³-hybridized carbons (Fsp3) is 0.0833. The van der Waals surface area contributed by atoms with Crippen molar-refractivity contribution in [3.63, 3.8) is 0 Å². The van der Waals surface area contributed by atoms with Gasteiger partial charge in [0.05, 0.1) is 10.6 Å². The van der Waals surface area contributed by atoms with Crippen LogP contribution in [0.1, 0.15) is 0 Å². The van der Waals surface area contributed by atoms with Crippen LogP contribution in [-0.2, 0) is 7.05 Å². The number of thiophene rings is 1. The quantitative estimate of drug-likeness (QED) is 0.703. The van der Waals surface area contributed by atoms with Crippen LogP contribution in [0.3, 0.4) is 0 Å². The maximum Gasteiger partial charge on any atom is 0.350 e. The van der Waals surface area contributed by atoms with E-state index in [2.05, 4.69) is 10.1 Å². The van der Waals surface area contributed by atoms with Crippen molar-refractivity contribution in [2.45, 2.75) is 0 Å². The van der Waals surface area contributed by atoms with Crippen LogP contribution in [-0.4, -0.2) is 19.3 Å². The minimum Gasteiger partial charge on any atom is -0.265 e. The zero-order chi connectivity index (χ0) is 12.5. The van der Waals surface area contributed by atoms with Gasteiger partial charge in [0.25, 0.3) is 0 Å². The third kappa shape index (κ3) is 1.67. The van der Waals surface area contributed by atoms with E-state index < -0.39 is 0 Å². The first kappa shape index (κ1) is 10.9. The van der Waals surface area contributed by atoms with Crippen molar-refractivity contribution in [3.05, 3.63) is 52.5 Å². The van der Waals surface area contributed by atoms with Crippen molar-refractivity contribution in [1.29, 1.82) is 0 Å². The molecule has 6 heteroatoms. The van der Waals surface area contributed by atoms with Crippen molar-refractivity contribution in [1.82, 2.24) is 19.3 Å². The van der Waals surface area contributed by atoms with E-state index in [1.165, 1.54) is 4.68 Å². The lowest BCUT2D eigenvalue weighted by atomic mass is 10.3. The molecular weight excluding hydrogens is 248 g/mol. The highest BCUT2D eigenvalue weighted by molar-refractivity contribution is 7.13. The van der Waals surface area contributed by atoms with Gasteiger partial charge in [0, 0.05) is 19.4 Å². The van der Waals surface area contributed by atoms with Crippen LogP contribution in [0.4, 0.5) is 0 Å². The summed E-state index contributed by atoms with van der Waals surface area (Å²) in [6.07, 6.45) is 3.32. The Morgan fingerprint density at radius 3 is 2.67 bits per heavy atom. The molecule has 0 unspecified atom stereocenters. The van der Waals surface area contributed by atoms with Gasteiger partial charge in [-0.25, -0.2) is 14.0 Å². The van der Waals surface area contributed by atoms with Crippen LogP contribution in [0.2, 0.25) is 0 Å². The molecule has 90 valence electrons. The lowest BCUT2D eigenvalue weighted by Crippen LogP contribution is -2.21. The molecule has 0 saturated heterocycles. The van der Waals surface area contributed by atoms with Gasteiger partial charge >= 0.3 is 5.69 Å². The molecule has 0 spiro atoms. The molecule has 0 aliphatic rings. The van der Waals surface area contributed by atoms with E-state index in [-0.39, 0.29) is 5.69 Å². The second kappa shape index (κ2) is 4.23. The van der Waals surface area contributed by atoms with Crippen LogP contribution in [0.5, 0.6) is 0 Å². The Bertz CT molecular complexity index is 712. The largest absolute Gasteiger partial charge is 0.350 e. The number of pyridine rings is 1. The molecule has 0 aliphatic heterocycles. The molecule has 5 nitrogen and oxygen atoms in total. The van der Waals surface area contributed by atoms with E-state index in [9.17, 15) is 4.79 Å². The summed E-state index contributed by atoms with van der Waals surface area (Å²) < 4.78 is 2.93. The van der Waals surface area contributed by atoms with Crippen molar-refractivity contribution >= 4 is 11.3 Å². The van der Waals surface area contributed by atoms with Crippen LogP contribution < -0.4 is 5.69 Å². The molecule has 0 amide bonds. The number of hydrogen-bond donors (Lipinski definition) is 0. The second-order valence-corrected chi connectivity index (χ2v) is 4.70. The molecule has 18 heavy (non-hydrogen) atoms. The van der Waals surface area contributed by atoms with Gasteiger partial charge in [-0.05, 0) is 23.6 Å². The summed E-state index contributed by atoms with van der Waals surface area (Å²) in [7, 11) is 1.65. The highest BCUT2D eigenvalue weighted by Gasteiger charge is 2.15. The van der Waals surface area contributed by atoms with Crippen LogP contribution in [0.25, 0.3) is 16.4 Å². The van der Waals surface area contributed by atoms with Gasteiger partial charge in [0.2, 0.25) is 0 Å². The maximum absolute atomic E-state index is 12.1. The number of nitrogens with zero attached hydrogens (tertiary/aromatic N) is 4. The minimum absolute atomic E-state index is 0.162. The van der Waals surface area contributed by atoms with Crippen molar-refractivity contribution in [2.75, 3.05) is 0 Å². The molecule has 3 heterocycles. The Morgan fingerprint density at radius 1 is 1.22 bits per heavy atom. The van der Waals surface area contributed by atoms with Crippen molar-refractivity contribution in [2.24, 2.45) is 7.05 Å². The normalized spacial score (nSPS) is 10.7. The molecule has 0 atom stereocenters. The zero-order valence-electron chi connectivity index (χ0n) is 9.65. The van der Waals surface area contributed by atoms with E-state index >= 15 is 0 Å². The Kier molecular flexibility index (Phi) is 2.56. The third-order valence-corrected chi connectivity index (χ3v) is 3.45. The van der Waals surface area contributed by atoms with Crippen LogP contribution in [0, 0.1) is 0 Å². The molecule has 3 rings (SSSR count). The molecule has 0 N–H and O–H groups in total. The predicted molar refractivity (Wildman–Crippen MR) is 69.9 cm³/mol. The smallest absolute Gasteiger partial charge is 0.265 e. The number of aromatic nitrogens is 4. The summed E-state index contributed by atoms with van der Waals surface area (Å²) in [6.45, 7) is 0. The fourth-order valence-corrected chi connectivity index (χ4v) is 2.45. The molecular formula is C12H10N4OS. The Balaban J connectivity index is 2.29. The Hall–Kier alpha value is -2.21. The van der Waals surface area contributed by atoms with Gasteiger partial charge in [-0.1, -0.05) is 6.07 Å². The first-order chi connectivity index (χ1) is 8.77. The van der Waals surface area contributed by atoms with Gasteiger partial charge in [0.1, 0.15) is 0 Å². The van der Waals surface area contributed by atoms with Crippen LogP contribution >= 0.6 is 11.3 Å². The lowest BCUT2D eigenvalue weighted by Gasteiger charge is -2.02. The molecule has 3 aromatic rings. The van der Waals surface area contributed by atoms with E-state index in [1.807, 2.05) is 17.5 Å². The standard InChI is InChI=1S/C12H10N4OS/c1-15-12(17)16(9-4-6-13-7-5-9)11(14-15)10-3-2-8-18-10/h2-8H,1H3. The highest BCUT2D eigenvalue weighted by Crippen LogP contribution is 2.23. The average molecular weight is 258 g/mol. The van der Waals surface area contributed by atoms with Crippen LogP contribution in [0.15, 0.2) is 46.8 Å². The second-order valence-electron chi connectivity index (χ2n) is 3.75. The van der Waals surface area contributed by atoms with E-state index in [4.69, 9.17) is 0 Å². The molecule has 0 radical (unpaired) electrons. The molecule has 0 saturated carbocycles. The van der Waals surface area contributed by atoms with Gasteiger partial charge in [0.15, 0.2) is 5.82 Å². The first-order valence-corrected chi connectivity index (χ1v) is 6.25. The number of hydrogen-bond acceptors (Lipinski definition) is 4. The zero-order valence-corrected chi connectivity index (χ0v) is 10.5. The van der Waals surface area contributed by atoms with E-state index in [0.717, 1.165) is 10.6 Å². The summed E-state index contributed by atoms with van der Waals surface area (Å²) >= 11 is 1.56. The lowest BCUT2D eigenvalue weighted by molar-refractivity contribution is 0.727. The van der Waals surface area contributed by atoms with Gasteiger partial charge in [-0.15, -0.1) is 16.4 Å². The molecule has 0 fully saturated rings. The maximum atomic E-state index is 12.1. The number of aryl methyl sites for hydroxylation is 1. The average Bonchev–Trinajstić information content (AvgIpc) is 3.00. The van der Waals surface area contributed by atoms with Gasteiger partial charge < -0.3 is 0 Å². The molecule has 0 aromatic carbocycles. The first-order valence-electron chi connectivity index (χ1n) is 5.37. The SMILES string of the molecule is Cn1nc(-c2cccs2)n(-c2ccncc2)c1=O. The summed E-state index contributed by atoms with van der Waals surface area (Å²) in [6, 6.07) is 7.47. The molecule has 0 bridgehead atoms. The van der Waals surface area contributed by atoms with E-state index in [0.29, 0.717) is 5.82 Å². The molecule has 0 aliphatic carbocycles.